The van der Waals surface area contributed by atoms with E-state index in [0.29, 0.717) is 0 Å². The van der Waals surface area contributed by atoms with Gasteiger partial charge in [-0.05, 0) is 55.3 Å². The molecule has 2 heteroatoms. The van der Waals surface area contributed by atoms with Gasteiger partial charge in [-0.1, -0.05) is 39.0 Å². The van der Waals surface area contributed by atoms with Crippen LogP contribution in [0.1, 0.15) is 45.1 Å². The Labute approximate surface area is 122 Å². The SMILES string of the molecule is CCCNCC(CC1CSc2ccccc21)C(C)C. The number of thioether (sulfide) groups is 1. The minimum absolute atomic E-state index is 0.761. The smallest absolute Gasteiger partial charge is 0.0107 e. The van der Waals surface area contributed by atoms with Crippen molar-refractivity contribution in [1.29, 1.82) is 0 Å². The van der Waals surface area contributed by atoms with Crippen LogP contribution in [0.25, 0.3) is 0 Å². The molecule has 106 valence electrons. The lowest BCUT2D eigenvalue weighted by Crippen LogP contribution is -2.28. The monoisotopic (exact) mass is 277 g/mol. The highest BCUT2D eigenvalue weighted by atomic mass is 32.2. The minimum Gasteiger partial charge on any atom is -0.316 e. The van der Waals surface area contributed by atoms with Crippen LogP contribution in [0.3, 0.4) is 0 Å². The van der Waals surface area contributed by atoms with Gasteiger partial charge >= 0.3 is 0 Å². The van der Waals surface area contributed by atoms with E-state index >= 15 is 0 Å². The summed E-state index contributed by atoms with van der Waals surface area (Å²) in [6.45, 7) is 9.30. The van der Waals surface area contributed by atoms with Crippen molar-refractivity contribution in [3.63, 3.8) is 0 Å². The second-order valence-corrected chi connectivity index (χ2v) is 7.05. The van der Waals surface area contributed by atoms with Crippen molar-refractivity contribution in [2.24, 2.45) is 11.8 Å². The molecule has 1 N–H and O–H groups in total. The normalized spacial score (nSPS) is 19.7. The van der Waals surface area contributed by atoms with Crippen LogP contribution >= 0.6 is 11.8 Å². The summed E-state index contributed by atoms with van der Waals surface area (Å²) in [6, 6.07) is 8.96. The first-order valence-corrected chi connectivity index (χ1v) is 8.63. The summed E-state index contributed by atoms with van der Waals surface area (Å²) in [5, 5.41) is 3.61. The number of fused-ring (bicyclic) bond motifs is 1. The fourth-order valence-electron chi connectivity index (χ4n) is 2.85. The molecule has 1 aliphatic heterocycles. The summed E-state index contributed by atoms with van der Waals surface area (Å²) in [5.41, 5.74) is 1.59. The molecular formula is C17H27NS. The number of hydrogen-bond acceptors (Lipinski definition) is 2. The zero-order valence-electron chi connectivity index (χ0n) is 12.5. The van der Waals surface area contributed by atoms with Crippen LogP contribution in [0.2, 0.25) is 0 Å². The van der Waals surface area contributed by atoms with Gasteiger partial charge in [0.15, 0.2) is 0 Å². The van der Waals surface area contributed by atoms with Gasteiger partial charge in [0, 0.05) is 10.6 Å². The molecule has 0 aromatic heterocycles. The molecule has 0 saturated heterocycles. The highest BCUT2D eigenvalue weighted by molar-refractivity contribution is 7.99. The van der Waals surface area contributed by atoms with E-state index in [1.807, 2.05) is 11.8 Å². The van der Waals surface area contributed by atoms with E-state index in [0.717, 1.165) is 24.3 Å². The predicted octanol–water partition coefficient (Wildman–Crippen LogP) is 4.54. The van der Waals surface area contributed by atoms with E-state index in [1.54, 1.807) is 5.56 Å². The standard InChI is InChI=1S/C17H27NS/c1-4-9-18-11-14(13(2)3)10-15-12-19-17-8-6-5-7-16(15)17/h5-8,13-15,18H,4,9-12H2,1-3H3. The summed E-state index contributed by atoms with van der Waals surface area (Å²) < 4.78 is 0. The molecule has 0 spiro atoms. The molecule has 1 aromatic carbocycles. The first-order valence-electron chi connectivity index (χ1n) is 7.64. The molecule has 1 aliphatic rings. The topological polar surface area (TPSA) is 12.0 Å². The minimum atomic E-state index is 0.761. The van der Waals surface area contributed by atoms with Gasteiger partial charge in [-0.2, -0.15) is 0 Å². The Hall–Kier alpha value is -0.470. The number of benzene rings is 1. The van der Waals surface area contributed by atoms with Gasteiger partial charge in [-0.25, -0.2) is 0 Å². The summed E-state index contributed by atoms with van der Waals surface area (Å²) in [5.74, 6) is 3.60. The van der Waals surface area contributed by atoms with Crippen LogP contribution in [0.5, 0.6) is 0 Å². The Morgan fingerprint density at radius 2 is 2.11 bits per heavy atom. The van der Waals surface area contributed by atoms with E-state index in [-0.39, 0.29) is 0 Å². The lowest BCUT2D eigenvalue weighted by Gasteiger charge is -2.24. The molecule has 1 aromatic rings. The van der Waals surface area contributed by atoms with E-state index in [9.17, 15) is 0 Å². The lowest BCUT2D eigenvalue weighted by molar-refractivity contribution is 0.325. The van der Waals surface area contributed by atoms with E-state index in [2.05, 4.69) is 50.4 Å². The maximum atomic E-state index is 3.61. The Morgan fingerprint density at radius 1 is 1.32 bits per heavy atom. The third-order valence-electron chi connectivity index (χ3n) is 4.16. The highest BCUT2D eigenvalue weighted by Gasteiger charge is 2.26. The second-order valence-electron chi connectivity index (χ2n) is 5.99. The van der Waals surface area contributed by atoms with Gasteiger partial charge < -0.3 is 5.32 Å². The summed E-state index contributed by atoms with van der Waals surface area (Å²) in [7, 11) is 0. The van der Waals surface area contributed by atoms with E-state index < -0.39 is 0 Å². The quantitative estimate of drug-likeness (QED) is 0.734. The molecule has 0 amide bonds. The average molecular weight is 277 g/mol. The van der Waals surface area contributed by atoms with E-state index in [1.165, 1.54) is 30.0 Å². The van der Waals surface area contributed by atoms with Crippen molar-refractivity contribution in [1.82, 2.24) is 5.32 Å². The molecule has 0 bridgehead atoms. The molecule has 2 unspecified atom stereocenters. The van der Waals surface area contributed by atoms with Gasteiger partial charge in [0.25, 0.3) is 0 Å². The summed E-state index contributed by atoms with van der Waals surface area (Å²) in [4.78, 5) is 1.51. The third kappa shape index (κ3) is 4.00. The number of nitrogens with one attached hydrogen (secondary N) is 1. The van der Waals surface area contributed by atoms with Crippen LogP contribution in [-0.4, -0.2) is 18.8 Å². The molecule has 19 heavy (non-hydrogen) atoms. The predicted molar refractivity (Wildman–Crippen MR) is 86.0 cm³/mol. The first-order chi connectivity index (χ1) is 9.22. The molecule has 0 saturated carbocycles. The Balaban J connectivity index is 1.95. The van der Waals surface area contributed by atoms with Gasteiger partial charge in [0.1, 0.15) is 0 Å². The zero-order chi connectivity index (χ0) is 13.7. The molecule has 2 rings (SSSR count). The fourth-order valence-corrected chi connectivity index (χ4v) is 4.12. The van der Waals surface area contributed by atoms with Crippen molar-refractivity contribution in [3.05, 3.63) is 29.8 Å². The van der Waals surface area contributed by atoms with Crippen LogP contribution in [-0.2, 0) is 0 Å². The van der Waals surface area contributed by atoms with Crippen LogP contribution in [0.15, 0.2) is 29.2 Å². The average Bonchev–Trinajstić information content (AvgIpc) is 2.81. The number of hydrogen-bond donors (Lipinski definition) is 1. The molecular weight excluding hydrogens is 250 g/mol. The zero-order valence-corrected chi connectivity index (χ0v) is 13.3. The van der Waals surface area contributed by atoms with Crippen molar-refractivity contribution in [3.8, 4) is 0 Å². The van der Waals surface area contributed by atoms with Crippen molar-refractivity contribution < 1.29 is 0 Å². The Bertz CT molecular complexity index is 389. The van der Waals surface area contributed by atoms with E-state index in [4.69, 9.17) is 0 Å². The van der Waals surface area contributed by atoms with Crippen molar-refractivity contribution >= 4 is 11.8 Å². The summed E-state index contributed by atoms with van der Waals surface area (Å²) >= 11 is 2.04. The van der Waals surface area contributed by atoms with Crippen LogP contribution in [0.4, 0.5) is 0 Å². The van der Waals surface area contributed by atoms with Gasteiger partial charge in [0.2, 0.25) is 0 Å². The molecule has 1 heterocycles. The maximum absolute atomic E-state index is 3.61. The summed E-state index contributed by atoms with van der Waals surface area (Å²) in [6.07, 6.45) is 2.56. The Morgan fingerprint density at radius 3 is 2.84 bits per heavy atom. The van der Waals surface area contributed by atoms with Crippen LogP contribution in [0, 0.1) is 11.8 Å². The van der Waals surface area contributed by atoms with Crippen molar-refractivity contribution in [2.75, 3.05) is 18.8 Å². The van der Waals surface area contributed by atoms with Crippen LogP contribution < -0.4 is 5.32 Å². The van der Waals surface area contributed by atoms with Gasteiger partial charge in [-0.15, -0.1) is 11.8 Å². The lowest BCUT2D eigenvalue weighted by atomic mass is 9.84. The largest absolute Gasteiger partial charge is 0.316 e. The van der Waals surface area contributed by atoms with Gasteiger partial charge in [-0.3, -0.25) is 0 Å². The van der Waals surface area contributed by atoms with Gasteiger partial charge in [0.05, 0.1) is 0 Å². The molecule has 0 fully saturated rings. The van der Waals surface area contributed by atoms with Crippen molar-refractivity contribution in [2.45, 2.75) is 44.4 Å². The number of rotatable bonds is 7. The highest BCUT2D eigenvalue weighted by Crippen LogP contribution is 2.43. The third-order valence-corrected chi connectivity index (χ3v) is 5.41. The molecule has 1 nitrogen and oxygen atoms in total. The maximum Gasteiger partial charge on any atom is 0.0107 e. The first kappa shape index (κ1) is 14.9. The second kappa shape index (κ2) is 7.35. The Kier molecular flexibility index (Phi) is 5.77. The molecule has 0 aliphatic carbocycles. The molecule has 0 radical (unpaired) electrons. The molecule has 2 atom stereocenters. The fraction of sp³-hybridized carbons (Fsp3) is 0.647.